The molecule has 0 spiro atoms. The van der Waals surface area contributed by atoms with Crippen molar-refractivity contribution < 1.29 is 18.3 Å². The van der Waals surface area contributed by atoms with Gasteiger partial charge in [0.1, 0.15) is 28.9 Å². The number of nitriles is 1. The molecule has 4 nitrogen and oxygen atoms in total. The molecule has 19 heavy (non-hydrogen) atoms. The van der Waals surface area contributed by atoms with E-state index in [9.17, 15) is 13.6 Å². The van der Waals surface area contributed by atoms with Gasteiger partial charge in [-0.1, -0.05) is 0 Å². The third-order valence-corrected chi connectivity index (χ3v) is 2.05. The minimum Gasteiger partial charge on any atom is -0.444 e. The minimum atomic E-state index is -0.955. The van der Waals surface area contributed by atoms with E-state index >= 15 is 0 Å². The Bertz CT molecular complexity index is 507. The third kappa shape index (κ3) is 4.54. The fourth-order valence-electron chi connectivity index (χ4n) is 1.32. The summed E-state index contributed by atoms with van der Waals surface area (Å²) in [6, 6.07) is 3.42. The van der Waals surface area contributed by atoms with Crippen LogP contribution in [0.2, 0.25) is 0 Å². The number of benzene rings is 1. The fourth-order valence-corrected chi connectivity index (χ4v) is 1.32. The summed E-state index contributed by atoms with van der Waals surface area (Å²) in [6.45, 7) is 5.02. The number of hydrogen-bond donors (Lipinski definition) is 1. The molecule has 0 saturated carbocycles. The number of carbonyl (C=O) groups excluding carboxylic acids is 1. The molecule has 0 radical (unpaired) electrons. The summed E-state index contributed by atoms with van der Waals surface area (Å²) in [5.41, 5.74) is -1.08. The van der Waals surface area contributed by atoms with Crippen molar-refractivity contribution in [3.05, 3.63) is 34.9 Å². The average molecular weight is 268 g/mol. The molecule has 0 aliphatic rings. The molecule has 0 saturated heterocycles. The molecule has 0 atom stereocenters. The summed E-state index contributed by atoms with van der Waals surface area (Å²) in [4.78, 5) is 11.4. The number of ether oxygens (including phenoxy) is 1. The normalized spacial score (nSPS) is 10.7. The van der Waals surface area contributed by atoms with E-state index in [-0.39, 0.29) is 12.1 Å². The van der Waals surface area contributed by atoms with Gasteiger partial charge in [-0.25, -0.2) is 13.6 Å². The molecule has 1 rings (SSSR count). The van der Waals surface area contributed by atoms with Crippen molar-refractivity contribution in [3.8, 4) is 6.07 Å². The summed E-state index contributed by atoms with van der Waals surface area (Å²) in [6.07, 6.45) is -0.683. The average Bonchev–Trinajstić information content (AvgIpc) is 2.23. The monoisotopic (exact) mass is 268 g/mol. The van der Waals surface area contributed by atoms with Crippen molar-refractivity contribution in [2.24, 2.45) is 0 Å². The Morgan fingerprint density at radius 2 is 1.89 bits per heavy atom. The molecule has 1 aromatic rings. The Kier molecular flexibility index (Phi) is 4.43. The zero-order valence-electron chi connectivity index (χ0n) is 10.9. The van der Waals surface area contributed by atoms with Crippen LogP contribution >= 0.6 is 0 Å². The lowest BCUT2D eigenvalue weighted by Crippen LogP contribution is -2.32. The first-order chi connectivity index (χ1) is 8.73. The van der Waals surface area contributed by atoms with Gasteiger partial charge >= 0.3 is 6.09 Å². The van der Waals surface area contributed by atoms with Gasteiger partial charge in [0.25, 0.3) is 0 Å². The zero-order valence-corrected chi connectivity index (χ0v) is 10.9. The molecule has 6 heteroatoms. The van der Waals surface area contributed by atoms with E-state index in [1.54, 1.807) is 20.8 Å². The predicted molar refractivity (Wildman–Crippen MR) is 64.1 cm³/mol. The molecule has 0 aliphatic heterocycles. The van der Waals surface area contributed by atoms with E-state index in [1.807, 2.05) is 0 Å². The maximum absolute atomic E-state index is 13.3. The second-order valence-electron chi connectivity index (χ2n) is 4.90. The Balaban J connectivity index is 2.70. The van der Waals surface area contributed by atoms with Crippen LogP contribution in [0.5, 0.6) is 0 Å². The number of carbonyl (C=O) groups is 1. The maximum Gasteiger partial charge on any atom is 0.407 e. The molecule has 102 valence electrons. The Hall–Kier alpha value is -2.16. The van der Waals surface area contributed by atoms with Gasteiger partial charge < -0.3 is 10.1 Å². The number of nitrogens with one attached hydrogen (secondary N) is 1. The molecule has 1 aromatic carbocycles. The molecule has 0 aromatic heterocycles. The van der Waals surface area contributed by atoms with Crippen LogP contribution in [0.25, 0.3) is 0 Å². The van der Waals surface area contributed by atoms with Gasteiger partial charge in [-0.3, -0.25) is 0 Å². The first-order valence-electron chi connectivity index (χ1n) is 5.58. The predicted octanol–water partition coefficient (Wildman–Crippen LogP) is 2.86. The molecule has 1 N–H and O–H groups in total. The van der Waals surface area contributed by atoms with E-state index in [2.05, 4.69) is 5.32 Å². The highest BCUT2D eigenvalue weighted by Gasteiger charge is 2.16. The maximum atomic E-state index is 13.3. The lowest BCUT2D eigenvalue weighted by molar-refractivity contribution is 0.0523. The van der Waals surface area contributed by atoms with Crippen molar-refractivity contribution in [1.29, 1.82) is 5.26 Å². The number of amides is 1. The summed E-state index contributed by atoms with van der Waals surface area (Å²) in [7, 11) is 0. The van der Waals surface area contributed by atoms with E-state index in [0.29, 0.717) is 0 Å². The van der Waals surface area contributed by atoms with E-state index in [4.69, 9.17) is 10.00 Å². The summed E-state index contributed by atoms with van der Waals surface area (Å²) in [5, 5.41) is 10.9. The Morgan fingerprint density at radius 3 is 2.32 bits per heavy atom. The van der Waals surface area contributed by atoms with Gasteiger partial charge in [0, 0.05) is 6.54 Å². The van der Waals surface area contributed by atoms with Crippen LogP contribution in [-0.2, 0) is 11.3 Å². The molecule has 0 heterocycles. The molecular formula is C13H14F2N2O2. The fraction of sp³-hybridized carbons (Fsp3) is 0.385. The van der Waals surface area contributed by atoms with Crippen LogP contribution in [0.15, 0.2) is 12.1 Å². The Labute approximate surface area is 110 Å². The van der Waals surface area contributed by atoms with Crippen LogP contribution in [0.3, 0.4) is 0 Å². The SMILES string of the molecule is CC(C)(C)OC(=O)NCc1cc(F)c(C#N)c(F)c1. The second kappa shape index (κ2) is 5.65. The smallest absolute Gasteiger partial charge is 0.407 e. The third-order valence-electron chi connectivity index (χ3n) is 2.05. The minimum absolute atomic E-state index is 0.0888. The summed E-state index contributed by atoms with van der Waals surface area (Å²) < 4.78 is 31.6. The van der Waals surface area contributed by atoms with Crippen LogP contribution < -0.4 is 5.32 Å². The van der Waals surface area contributed by atoms with Crippen LogP contribution in [0, 0.1) is 23.0 Å². The van der Waals surface area contributed by atoms with Gasteiger partial charge in [-0.15, -0.1) is 0 Å². The van der Waals surface area contributed by atoms with Crippen molar-refractivity contribution in [1.82, 2.24) is 5.32 Å². The molecular weight excluding hydrogens is 254 g/mol. The Morgan fingerprint density at radius 1 is 1.37 bits per heavy atom. The quantitative estimate of drug-likeness (QED) is 0.897. The van der Waals surface area contributed by atoms with Gasteiger partial charge in [0.2, 0.25) is 0 Å². The molecule has 0 unspecified atom stereocenters. The topological polar surface area (TPSA) is 62.1 Å². The molecule has 0 fully saturated rings. The second-order valence-corrected chi connectivity index (χ2v) is 4.90. The zero-order chi connectivity index (χ0) is 14.6. The number of hydrogen-bond acceptors (Lipinski definition) is 3. The van der Waals surface area contributed by atoms with Crippen molar-refractivity contribution in [3.63, 3.8) is 0 Å². The molecule has 1 amide bonds. The summed E-state index contributed by atoms with van der Waals surface area (Å²) in [5.74, 6) is -1.91. The lowest BCUT2D eigenvalue weighted by Gasteiger charge is -2.19. The lowest BCUT2D eigenvalue weighted by atomic mass is 10.1. The number of rotatable bonds is 2. The first-order valence-corrected chi connectivity index (χ1v) is 5.58. The van der Waals surface area contributed by atoms with Crippen molar-refractivity contribution >= 4 is 6.09 Å². The van der Waals surface area contributed by atoms with E-state index in [0.717, 1.165) is 12.1 Å². The largest absolute Gasteiger partial charge is 0.444 e. The highest BCUT2D eigenvalue weighted by atomic mass is 19.1. The van der Waals surface area contributed by atoms with Gasteiger partial charge in [0.15, 0.2) is 0 Å². The van der Waals surface area contributed by atoms with Crippen LogP contribution in [-0.4, -0.2) is 11.7 Å². The van der Waals surface area contributed by atoms with E-state index in [1.165, 1.54) is 6.07 Å². The van der Waals surface area contributed by atoms with Gasteiger partial charge in [-0.05, 0) is 38.5 Å². The number of nitrogens with zero attached hydrogens (tertiary/aromatic N) is 1. The highest BCUT2D eigenvalue weighted by molar-refractivity contribution is 5.67. The highest BCUT2D eigenvalue weighted by Crippen LogP contribution is 2.14. The number of halogens is 2. The van der Waals surface area contributed by atoms with Gasteiger partial charge in [0.05, 0.1) is 0 Å². The van der Waals surface area contributed by atoms with Crippen LogP contribution in [0.4, 0.5) is 13.6 Å². The van der Waals surface area contributed by atoms with Crippen LogP contribution in [0.1, 0.15) is 31.9 Å². The van der Waals surface area contributed by atoms with Crippen molar-refractivity contribution in [2.45, 2.75) is 32.9 Å². The standard InChI is InChI=1S/C13H14F2N2O2/c1-13(2,3)19-12(18)17-7-8-4-10(14)9(6-16)11(15)5-8/h4-5H,7H2,1-3H3,(H,17,18). The molecule has 0 bridgehead atoms. The first kappa shape index (κ1) is 14.9. The number of alkyl carbamates (subject to hydrolysis) is 1. The van der Waals surface area contributed by atoms with Gasteiger partial charge in [-0.2, -0.15) is 5.26 Å². The molecule has 0 aliphatic carbocycles. The van der Waals surface area contributed by atoms with Crippen molar-refractivity contribution in [2.75, 3.05) is 0 Å². The van der Waals surface area contributed by atoms with E-state index < -0.39 is 28.9 Å². The summed E-state index contributed by atoms with van der Waals surface area (Å²) >= 11 is 0.